The highest BCUT2D eigenvalue weighted by atomic mass is 19.1. The summed E-state index contributed by atoms with van der Waals surface area (Å²) in [6, 6.07) is 5.98. The maximum absolute atomic E-state index is 13.2. The molecule has 0 spiro atoms. The molecule has 0 radical (unpaired) electrons. The molecule has 0 N–H and O–H groups in total. The van der Waals surface area contributed by atoms with Gasteiger partial charge in [0.05, 0.1) is 6.61 Å². The summed E-state index contributed by atoms with van der Waals surface area (Å²) in [7, 11) is 2.07. The third-order valence-electron chi connectivity index (χ3n) is 6.49. The van der Waals surface area contributed by atoms with Gasteiger partial charge in [-0.25, -0.2) is 4.39 Å². The molecule has 6 nitrogen and oxygen atoms in total. The molecule has 3 rings (SSSR count). The van der Waals surface area contributed by atoms with Gasteiger partial charge in [-0.3, -0.25) is 9.59 Å². The molecule has 0 aromatic heterocycles. The molecule has 0 saturated carbocycles. The van der Waals surface area contributed by atoms with Crippen LogP contribution in [-0.4, -0.2) is 79.4 Å². The highest BCUT2D eigenvalue weighted by molar-refractivity contribution is 5.81. The van der Waals surface area contributed by atoms with Crippen LogP contribution in [0.1, 0.15) is 40.0 Å². The van der Waals surface area contributed by atoms with Crippen LogP contribution in [0.15, 0.2) is 24.3 Å². The fourth-order valence-electron chi connectivity index (χ4n) is 4.29. The van der Waals surface area contributed by atoms with E-state index < -0.39 is 5.41 Å². The van der Waals surface area contributed by atoms with Gasteiger partial charge in [0.15, 0.2) is 0 Å². The number of piperidine rings is 1. The van der Waals surface area contributed by atoms with E-state index in [1.54, 1.807) is 12.1 Å². The Bertz CT molecular complexity index is 759. The van der Waals surface area contributed by atoms with Gasteiger partial charge in [0.1, 0.15) is 11.6 Å². The summed E-state index contributed by atoms with van der Waals surface area (Å²) in [5, 5.41) is 0. The van der Waals surface area contributed by atoms with Gasteiger partial charge in [-0.15, -0.1) is 0 Å². The summed E-state index contributed by atoms with van der Waals surface area (Å²) in [5.74, 6) is 0.597. The third-order valence-corrected chi connectivity index (χ3v) is 6.49. The number of hydrogen-bond acceptors (Lipinski definition) is 4. The number of piperazine rings is 1. The zero-order chi connectivity index (χ0) is 22.6. The van der Waals surface area contributed by atoms with E-state index in [0.29, 0.717) is 31.9 Å². The first kappa shape index (κ1) is 23.5. The predicted octanol–water partition coefficient (Wildman–Crippen LogP) is 3.02. The summed E-state index contributed by atoms with van der Waals surface area (Å²) < 4.78 is 19.3. The Balaban J connectivity index is 1.69. The Hall–Kier alpha value is -2.15. The molecule has 0 aliphatic carbocycles. The van der Waals surface area contributed by atoms with Crippen molar-refractivity contribution in [2.24, 2.45) is 10.8 Å². The van der Waals surface area contributed by atoms with Crippen LogP contribution in [0.25, 0.3) is 0 Å². The predicted molar refractivity (Wildman–Crippen MR) is 118 cm³/mol. The Morgan fingerprint density at radius 2 is 1.55 bits per heavy atom. The molecule has 2 fully saturated rings. The minimum Gasteiger partial charge on any atom is -0.493 e. The van der Waals surface area contributed by atoms with Crippen LogP contribution in [0.5, 0.6) is 5.75 Å². The molecule has 31 heavy (non-hydrogen) atoms. The smallest absolute Gasteiger partial charge is 0.227 e. The fourth-order valence-corrected chi connectivity index (χ4v) is 4.29. The molecule has 1 aromatic rings. The van der Waals surface area contributed by atoms with E-state index >= 15 is 0 Å². The maximum atomic E-state index is 13.2. The first-order valence-electron chi connectivity index (χ1n) is 11.2. The average molecular weight is 434 g/mol. The fraction of sp³-hybridized carbons (Fsp3) is 0.667. The van der Waals surface area contributed by atoms with E-state index in [9.17, 15) is 14.0 Å². The Labute approximate surface area is 185 Å². The summed E-state index contributed by atoms with van der Waals surface area (Å²) >= 11 is 0. The van der Waals surface area contributed by atoms with E-state index in [4.69, 9.17) is 4.74 Å². The number of rotatable bonds is 5. The van der Waals surface area contributed by atoms with Crippen LogP contribution in [0, 0.1) is 16.6 Å². The molecule has 2 heterocycles. The molecule has 172 valence electrons. The number of halogens is 1. The molecule has 7 heteroatoms. The van der Waals surface area contributed by atoms with Crippen molar-refractivity contribution in [2.75, 3.05) is 52.9 Å². The summed E-state index contributed by atoms with van der Waals surface area (Å²) in [6.07, 6.45) is 1.85. The largest absolute Gasteiger partial charge is 0.493 e. The Morgan fingerprint density at radius 1 is 0.968 bits per heavy atom. The lowest BCUT2D eigenvalue weighted by Gasteiger charge is -2.44. The summed E-state index contributed by atoms with van der Waals surface area (Å²) in [5.41, 5.74) is -0.746. The first-order chi connectivity index (χ1) is 14.6. The molecule has 0 atom stereocenters. The van der Waals surface area contributed by atoms with E-state index in [2.05, 4.69) is 11.9 Å². The number of nitrogens with zero attached hydrogens (tertiary/aromatic N) is 3. The van der Waals surface area contributed by atoms with Crippen molar-refractivity contribution < 1.29 is 18.7 Å². The highest BCUT2D eigenvalue weighted by Gasteiger charge is 2.41. The zero-order valence-electron chi connectivity index (χ0n) is 19.3. The van der Waals surface area contributed by atoms with Crippen LogP contribution in [-0.2, 0) is 9.59 Å². The second-order valence-corrected chi connectivity index (χ2v) is 10.1. The number of carbonyl (C=O) groups is 2. The zero-order valence-corrected chi connectivity index (χ0v) is 19.3. The molecule has 0 bridgehead atoms. The minimum atomic E-state index is -0.416. The van der Waals surface area contributed by atoms with Gasteiger partial charge < -0.3 is 19.4 Å². The molecule has 2 saturated heterocycles. The SMILES string of the molecule is CN1CCN(C(=O)CC2(COc3ccc(F)cc3)CCN(C(=O)C(C)(C)C)CC2)CC1. The van der Waals surface area contributed by atoms with Crippen LogP contribution < -0.4 is 4.74 Å². The van der Waals surface area contributed by atoms with Gasteiger partial charge in [-0.1, -0.05) is 20.8 Å². The lowest BCUT2D eigenvalue weighted by Crippen LogP contribution is -2.52. The van der Waals surface area contributed by atoms with Gasteiger partial charge in [0, 0.05) is 56.5 Å². The van der Waals surface area contributed by atoms with Crippen molar-refractivity contribution in [3.8, 4) is 5.75 Å². The first-order valence-corrected chi connectivity index (χ1v) is 11.2. The monoisotopic (exact) mass is 433 g/mol. The normalized spacial score (nSPS) is 19.9. The third kappa shape index (κ3) is 6.19. The van der Waals surface area contributed by atoms with Gasteiger partial charge in [-0.05, 0) is 44.2 Å². The lowest BCUT2D eigenvalue weighted by molar-refractivity contribution is -0.144. The van der Waals surface area contributed by atoms with E-state index in [1.165, 1.54) is 12.1 Å². The number of likely N-dealkylation sites (tertiary alicyclic amines) is 1. The Morgan fingerprint density at radius 3 is 2.10 bits per heavy atom. The quantitative estimate of drug-likeness (QED) is 0.716. The second-order valence-electron chi connectivity index (χ2n) is 10.1. The van der Waals surface area contributed by atoms with Crippen molar-refractivity contribution in [3.63, 3.8) is 0 Å². The van der Waals surface area contributed by atoms with Gasteiger partial charge >= 0.3 is 0 Å². The molecular weight excluding hydrogens is 397 g/mol. The van der Waals surface area contributed by atoms with Crippen molar-refractivity contribution >= 4 is 11.8 Å². The lowest BCUT2D eigenvalue weighted by atomic mass is 9.75. The topological polar surface area (TPSA) is 53.1 Å². The van der Waals surface area contributed by atoms with Crippen molar-refractivity contribution in [1.82, 2.24) is 14.7 Å². The second kappa shape index (κ2) is 9.55. The number of ether oxygens (including phenoxy) is 1. The molecule has 2 amide bonds. The maximum Gasteiger partial charge on any atom is 0.227 e. The van der Waals surface area contributed by atoms with Crippen LogP contribution in [0.3, 0.4) is 0 Å². The van der Waals surface area contributed by atoms with Crippen LogP contribution in [0.2, 0.25) is 0 Å². The minimum absolute atomic E-state index is 0.144. The highest BCUT2D eigenvalue weighted by Crippen LogP contribution is 2.38. The number of amides is 2. The van der Waals surface area contributed by atoms with Gasteiger partial charge in [0.25, 0.3) is 0 Å². The van der Waals surface area contributed by atoms with Gasteiger partial charge in [-0.2, -0.15) is 0 Å². The van der Waals surface area contributed by atoms with Crippen molar-refractivity contribution in [1.29, 1.82) is 0 Å². The summed E-state index contributed by atoms with van der Waals surface area (Å²) in [4.78, 5) is 31.9. The Kier molecular flexibility index (Phi) is 7.24. The standard InChI is InChI=1S/C24H36FN3O3/c1-23(2,3)22(30)28-11-9-24(10-12-28,18-31-20-7-5-19(25)6-8-20)17-21(29)27-15-13-26(4)14-16-27/h5-8H,9-18H2,1-4H3. The molecule has 2 aliphatic rings. The van der Waals surface area contributed by atoms with Crippen molar-refractivity contribution in [2.45, 2.75) is 40.0 Å². The molecule has 2 aliphatic heterocycles. The number of benzene rings is 1. The summed E-state index contributed by atoms with van der Waals surface area (Å²) in [6.45, 7) is 10.7. The van der Waals surface area contributed by atoms with Crippen LogP contribution >= 0.6 is 0 Å². The van der Waals surface area contributed by atoms with Gasteiger partial charge in [0.2, 0.25) is 11.8 Å². The number of hydrogen-bond donors (Lipinski definition) is 0. The molecule has 0 unspecified atom stereocenters. The van der Waals surface area contributed by atoms with Crippen molar-refractivity contribution in [3.05, 3.63) is 30.1 Å². The average Bonchev–Trinajstić information content (AvgIpc) is 2.73. The van der Waals surface area contributed by atoms with E-state index in [1.807, 2.05) is 30.6 Å². The number of likely N-dealkylation sites (N-methyl/N-ethyl adjacent to an activating group) is 1. The molecular formula is C24H36FN3O3. The van der Waals surface area contributed by atoms with E-state index in [-0.39, 0.29) is 23.0 Å². The molecule has 1 aromatic carbocycles. The number of carbonyl (C=O) groups excluding carboxylic acids is 2. The van der Waals surface area contributed by atoms with Crippen LogP contribution in [0.4, 0.5) is 4.39 Å². The van der Waals surface area contributed by atoms with E-state index in [0.717, 1.165) is 39.0 Å².